The Morgan fingerprint density at radius 2 is 2.05 bits per heavy atom. The summed E-state index contributed by atoms with van der Waals surface area (Å²) in [5.74, 6) is 2.34. The molecule has 1 aliphatic rings. The Morgan fingerprint density at radius 3 is 2.77 bits per heavy atom. The molecule has 0 radical (unpaired) electrons. The molecule has 0 bridgehead atoms. The Bertz CT molecular complexity index is 627. The van der Waals surface area contributed by atoms with Crippen LogP contribution in [0.5, 0.6) is 5.88 Å². The second-order valence-corrected chi connectivity index (χ2v) is 5.37. The fourth-order valence-electron chi connectivity index (χ4n) is 2.59. The lowest BCUT2D eigenvalue weighted by Crippen LogP contribution is -2.39. The fraction of sp³-hybridized carbons (Fsp3) is 0.467. The maximum atomic E-state index is 5.12. The number of nitrogens with one attached hydrogen (secondary N) is 1. The minimum atomic E-state index is 0.397. The number of nitrogens with zero attached hydrogens (tertiary/aromatic N) is 5. The van der Waals surface area contributed by atoms with Crippen molar-refractivity contribution in [1.82, 2.24) is 19.9 Å². The minimum Gasteiger partial charge on any atom is -0.481 e. The second-order valence-electron chi connectivity index (χ2n) is 5.37. The Morgan fingerprint density at radius 1 is 1.23 bits per heavy atom. The number of aryl methyl sites for hydroxylation is 1. The molecule has 0 spiro atoms. The first-order valence-electron chi connectivity index (χ1n) is 7.41. The van der Waals surface area contributed by atoms with Gasteiger partial charge in [-0.1, -0.05) is 0 Å². The molecule has 1 aliphatic heterocycles. The summed E-state index contributed by atoms with van der Waals surface area (Å²) >= 11 is 0. The lowest BCUT2D eigenvalue weighted by atomic mass is 10.1. The van der Waals surface area contributed by atoms with Crippen LogP contribution in [0.3, 0.4) is 0 Å². The molecule has 0 amide bonds. The van der Waals surface area contributed by atoms with Crippen molar-refractivity contribution in [2.75, 3.05) is 30.4 Å². The van der Waals surface area contributed by atoms with Crippen LogP contribution in [0.25, 0.3) is 0 Å². The van der Waals surface area contributed by atoms with Crippen molar-refractivity contribution < 1.29 is 4.74 Å². The van der Waals surface area contributed by atoms with Gasteiger partial charge in [0, 0.05) is 31.4 Å². The van der Waals surface area contributed by atoms with Crippen molar-refractivity contribution >= 4 is 11.6 Å². The predicted octanol–water partition coefficient (Wildman–Crippen LogP) is 1.66. The third kappa shape index (κ3) is 3.41. The van der Waals surface area contributed by atoms with Gasteiger partial charge in [0.1, 0.15) is 18.0 Å². The SMILES string of the molecule is COc1cc(NC2CCN(c3cncc(C)n3)CC2)ncn1. The Kier molecular flexibility index (Phi) is 4.32. The van der Waals surface area contributed by atoms with Gasteiger partial charge in [-0.3, -0.25) is 4.98 Å². The van der Waals surface area contributed by atoms with Crippen molar-refractivity contribution in [3.63, 3.8) is 0 Å². The van der Waals surface area contributed by atoms with E-state index >= 15 is 0 Å². The van der Waals surface area contributed by atoms with Gasteiger partial charge >= 0.3 is 0 Å². The second kappa shape index (κ2) is 6.55. The molecule has 2 aromatic heterocycles. The molecule has 0 unspecified atom stereocenters. The van der Waals surface area contributed by atoms with E-state index in [0.29, 0.717) is 11.9 Å². The first-order chi connectivity index (χ1) is 10.7. The molecular formula is C15H20N6O. The van der Waals surface area contributed by atoms with Gasteiger partial charge < -0.3 is 15.0 Å². The highest BCUT2D eigenvalue weighted by Crippen LogP contribution is 2.20. The van der Waals surface area contributed by atoms with E-state index in [0.717, 1.165) is 43.3 Å². The lowest BCUT2D eigenvalue weighted by molar-refractivity contribution is 0.397. The summed E-state index contributed by atoms with van der Waals surface area (Å²) in [6.07, 6.45) is 7.18. The number of hydrogen-bond donors (Lipinski definition) is 1. The van der Waals surface area contributed by atoms with E-state index in [1.807, 2.05) is 19.2 Å². The van der Waals surface area contributed by atoms with Crippen LogP contribution in [0.15, 0.2) is 24.8 Å². The fourth-order valence-corrected chi connectivity index (χ4v) is 2.59. The maximum absolute atomic E-state index is 5.12. The van der Waals surface area contributed by atoms with Crippen LogP contribution in [0.4, 0.5) is 11.6 Å². The van der Waals surface area contributed by atoms with Crippen LogP contribution >= 0.6 is 0 Å². The topological polar surface area (TPSA) is 76.1 Å². The first-order valence-corrected chi connectivity index (χ1v) is 7.41. The third-order valence-corrected chi connectivity index (χ3v) is 3.76. The monoisotopic (exact) mass is 300 g/mol. The largest absolute Gasteiger partial charge is 0.481 e. The molecule has 7 heteroatoms. The van der Waals surface area contributed by atoms with E-state index in [-0.39, 0.29) is 0 Å². The van der Waals surface area contributed by atoms with Crippen molar-refractivity contribution in [1.29, 1.82) is 0 Å². The standard InChI is InChI=1S/C15H20N6O/c1-11-8-16-9-14(19-11)21-5-3-12(4-6-21)20-13-7-15(22-2)18-10-17-13/h7-10,12H,3-6H2,1-2H3,(H,17,18,20). The molecule has 3 heterocycles. The predicted molar refractivity (Wildman–Crippen MR) is 84.2 cm³/mol. The average Bonchev–Trinajstić information content (AvgIpc) is 2.56. The van der Waals surface area contributed by atoms with Crippen LogP contribution in [0, 0.1) is 6.92 Å². The van der Waals surface area contributed by atoms with Gasteiger partial charge in [-0.25, -0.2) is 15.0 Å². The van der Waals surface area contributed by atoms with Gasteiger partial charge in [0.15, 0.2) is 0 Å². The van der Waals surface area contributed by atoms with Gasteiger partial charge in [-0.15, -0.1) is 0 Å². The van der Waals surface area contributed by atoms with Crippen molar-refractivity contribution in [2.45, 2.75) is 25.8 Å². The van der Waals surface area contributed by atoms with E-state index < -0.39 is 0 Å². The zero-order valence-corrected chi connectivity index (χ0v) is 12.9. The number of rotatable bonds is 4. The zero-order valence-electron chi connectivity index (χ0n) is 12.9. The summed E-state index contributed by atoms with van der Waals surface area (Å²) in [5.41, 5.74) is 0.950. The van der Waals surface area contributed by atoms with Crippen LogP contribution in [0.1, 0.15) is 18.5 Å². The van der Waals surface area contributed by atoms with E-state index in [4.69, 9.17) is 4.74 Å². The highest BCUT2D eigenvalue weighted by Gasteiger charge is 2.20. The third-order valence-electron chi connectivity index (χ3n) is 3.76. The molecule has 0 aromatic carbocycles. The Labute approximate surface area is 129 Å². The van der Waals surface area contributed by atoms with Crippen LogP contribution in [-0.4, -0.2) is 46.2 Å². The molecule has 0 saturated carbocycles. The van der Waals surface area contributed by atoms with Gasteiger partial charge in [0.2, 0.25) is 5.88 Å². The Balaban J connectivity index is 1.57. The number of anilines is 2. The van der Waals surface area contributed by atoms with E-state index in [1.165, 1.54) is 6.33 Å². The molecule has 7 nitrogen and oxygen atoms in total. The summed E-state index contributed by atoms with van der Waals surface area (Å²) in [5, 5.41) is 3.45. The van der Waals surface area contributed by atoms with Crippen LogP contribution in [-0.2, 0) is 0 Å². The number of piperidine rings is 1. The average molecular weight is 300 g/mol. The zero-order chi connectivity index (χ0) is 15.4. The molecule has 0 atom stereocenters. The molecule has 1 fully saturated rings. The summed E-state index contributed by atoms with van der Waals surface area (Å²) in [7, 11) is 1.60. The quantitative estimate of drug-likeness (QED) is 0.920. The number of aromatic nitrogens is 4. The summed E-state index contributed by atoms with van der Waals surface area (Å²) in [6, 6.07) is 2.21. The van der Waals surface area contributed by atoms with Crippen LogP contribution in [0.2, 0.25) is 0 Å². The summed E-state index contributed by atoms with van der Waals surface area (Å²) in [6.45, 7) is 3.88. The molecule has 0 aliphatic carbocycles. The van der Waals surface area contributed by atoms with E-state index in [2.05, 4.69) is 30.2 Å². The number of methoxy groups -OCH3 is 1. The summed E-state index contributed by atoms with van der Waals surface area (Å²) in [4.78, 5) is 19.3. The van der Waals surface area contributed by atoms with E-state index in [1.54, 1.807) is 13.3 Å². The van der Waals surface area contributed by atoms with Gasteiger partial charge in [0.25, 0.3) is 0 Å². The minimum absolute atomic E-state index is 0.397. The highest BCUT2D eigenvalue weighted by atomic mass is 16.5. The van der Waals surface area contributed by atoms with Crippen LogP contribution < -0.4 is 15.0 Å². The van der Waals surface area contributed by atoms with Crippen molar-refractivity contribution in [3.8, 4) is 5.88 Å². The highest BCUT2D eigenvalue weighted by molar-refractivity contribution is 5.40. The van der Waals surface area contributed by atoms with Crippen molar-refractivity contribution in [3.05, 3.63) is 30.5 Å². The molecule has 3 rings (SSSR count). The van der Waals surface area contributed by atoms with Gasteiger partial charge in [0.05, 0.1) is 19.0 Å². The van der Waals surface area contributed by atoms with Crippen molar-refractivity contribution in [2.24, 2.45) is 0 Å². The Hall–Kier alpha value is -2.44. The van der Waals surface area contributed by atoms with Gasteiger partial charge in [-0.05, 0) is 19.8 Å². The molecule has 116 valence electrons. The lowest BCUT2D eigenvalue weighted by Gasteiger charge is -2.33. The first kappa shape index (κ1) is 14.5. The summed E-state index contributed by atoms with van der Waals surface area (Å²) < 4.78 is 5.12. The normalized spacial score (nSPS) is 15.6. The van der Waals surface area contributed by atoms with E-state index in [9.17, 15) is 0 Å². The van der Waals surface area contributed by atoms with Gasteiger partial charge in [-0.2, -0.15) is 0 Å². The number of ether oxygens (including phenoxy) is 1. The molecular weight excluding hydrogens is 280 g/mol. The molecule has 1 saturated heterocycles. The molecule has 22 heavy (non-hydrogen) atoms. The maximum Gasteiger partial charge on any atom is 0.218 e. The molecule has 2 aromatic rings. The molecule has 1 N–H and O–H groups in total. The smallest absolute Gasteiger partial charge is 0.218 e. The number of hydrogen-bond acceptors (Lipinski definition) is 7.